The number of halogens is 4. The van der Waals surface area contributed by atoms with Crippen LogP contribution in [0.3, 0.4) is 0 Å². The first-order valence-corrected chi connectivity index (χ1v) is 8.39. The molecule has 3 rings (SSSR count). The van der Waals surface area contributed by atoms with E-state index in [0.29, 0.717) is 23.4 Å². The zero-order valence-electron chi connectivity index (χ0n) is 13.8. The van der Waals surface area contributed by atoms with Crippen molar-refractivity contribution < 1.29 is 13.2 Å². The quantitative estimate of drug-likeness (QED) is 0.720. The van der Waals surface area contributed by atoms with Gasteiger partial charge in [0.1, 0.15) is 5.82 Å². The monoisotopic (exact) mass is 370 g/mol. The van der Waals surface area contributed by atoms with E-state index < -0.39 is 11.7 Å². The molecule has 1 aliphatic carbocycles. The maximum atomic E-state index is 12.7. The predicted molar refractivity (Wildman–Crippen MR) is 92.5 cm³/mol. The van der Waals surface area contributed by atoms with Crippen LogP contribution in [0.5, 0.6) is 0 Å². The Bertz CT molecular complexity index is 773. The highest BCUT2D eigenvalue weighted by Crippen LogP contribution is 2.40. The van der Waals surface area contributed by atoms with Gasteiger partial charge < -0.3 is 10.6 Å². The maximum Gasteiger partial charge on any atom is 0.416 e. The molecule has 2 N–H and O–H groups in total. The minimum atomic E-state index is -4.43. The summed E-state index contributed by atoms with van der Waals surface area (Å²) in [6.07, 6.45) is -2.26. The average Bonchev–Trinajstić information content (AvgIpc) is 3.32. The van der Waals surface area contributed by atoms with Crippen LogP contribution < -0.4 is 10.6 Å². The predicted octanol–water partition coefficient (Wildman–Crippen LogP) is 5.59. The second kappa shape index (κ2) is 6.71. The minimum absolute atomic E-state index is 0.0141. The molecule has 1 aromatic carbocycles. The lowest BCUT2D eigenvalue weighted by atomic mass is 10.2. The van der Waals surface area contributed by atoms with Gasteiger partial charge in [-0.25, -0.2) is 4.98 Å². The zero-order chi connectivity index (χ0) is 18.2. The smallest absolute Gasteiger partial charge is 0.352 e. The largest absolute Gasteiger partial charge is 0.416 e. The van der Waals surface area contributed by atoms with Gasteiger partial charge in [0.25, 0.3) is 0 Å². The first-order valence-electron chi connectivity index (χ1n) is 8.01. The van der Waals surface area contributed by atoms with Crippen LogP contribution in [0.25, 0.3) is 0 Å². The lowest BCUT2D eigenvalue weighted by molar-refractivity contribution is -0.137. The lowest BCUT2D eigenvalue weighted by Gasteiger charge is -2.14. The normalized spacial score (nSPS) is 14.7. The fraction of sp³-hybridized carbons (Fsp3) is 0.412. The van der Waals surface area contributed by atoms with Crippen LogP contribution in [-0.4, -0.2) is 16.0 Å². The number of aromatic nitrogens is 2. The van der Waals surface area contributed by atoms with Crippen LogP contribution in [0, 0.1) is 0 Å². The first kappa shape index (κ1) is 17.8. The number of hydrogen-bond acceptors (Lipinski definition) is 4. The molecule has 1 saturated carbocycles. The number of alkyl halides is 3. The molecule has 0 spiro atoms. The number of hydrogen-bond donors (Lipinski definition) is 2. The zero-order valence-corrected chi connectivity index (χ0v) is 14.5. The van der Waals surface area contributed by atoms with E-state index in [-0.39, 0.29) is 11.1 Å². The fourth-order valence-corrected chi connectivity index (χ4v) is 2.60. The van der Waals surface area contributed by atoms with Crippen molar-refractivity contribution in [2.45, 2.75) is 44.8 Å². The van der Waals surface area contributed by atoms with E-state index in [2.05, 4.69) is 20.6 Å². The van der Waals surface area contributed by atoms with E-state index in [1.165, 1.54) is 6.07 Å². The Labute approximate surface area is 148 Å². The second-order valence-corrected chi connectivity index (χ2v) is 6.80. The molecule has 4 nitrogen and oxygen atoms in total. The molecule has 0 atom stereocenters. The highest BCUT2D eigenvalue weighted by Gasteiger charge is 2.31. The summed E-state index contributed by atoms with van der Waals surface area (Å²) in [5.41, 5.74) is 0.501. The van der Waals surface area contributed by atoms with Crippen LogP contribution in [0.15, 0.2) is 24.3 Å². The van der Waals surface area contributed by atoms with Crippen LogP contribution in [-0.2, 0) is 6.18 Å². The summed E-state index contributed by atoms with van der Waals surface area (Å²) in [5.74, 6) is 1.41. The van der Waals surface area contributed by atoms with Crippen molar-refractivity contribution in [3.63, 3.8) is 0 Å². The van der Waals surface area contributed by atoms with E-state index in [1.807, 2.05) is 19.9 Å². The van der Waals surface area contributed by atoms with Gasteiger partial charge in [0.05, 0.1) is 22.0 Å². The van der Waals surface area contributed by atoms with Gasteiger partial charge in [0.2, 0.25) is 5.95 Å². The highest BCUT2D eigenvalue weighted by atomic mass is 35.5. The fourth-order valence-electron chi connectivity index (χ4n) is 2.37. The number of rotatable bonds is 5. The molecule has 8 heteroatoms. The molecule has 1 aromatic heterocycles. The van der Waals surface area contributed by atoms with E-state index >= 15 is 0 Å². The SMILES string of the molecule is CC(C)Nc1nc(Nc2ccc(C(F)(F)F)cc2Cl)cc(C2CC2)n1. The molecule has 0 radical (unpaired) electrons. The Morgan fingerprint density at radius 1 is 1.16 bits per heavy atom. The van der Waals surface area contributed by atoms with Crippen LogP contribution in [0.4, 0.5) is 30.6 Å². The Kier molecular flexibility index (Phi) is 4.77. The van der Waals surface area contributed by atoms with Gasteiger partial charge in [-0.3, -0.25) is 0 Å². The molecule has 2 aromatic rings. The second-order valence-electron chi connectivity index (χ2n) is 6.39. The summed E-state index contributed by atoms with van der Waals surface area (Å²) < 4.78 is 38.2. The summed E-state index contributed by atoms with van der Waals surface area (Å²) in [4.78, 5) is 8.88. The Balaban J connectivity index is 1.88. The summed E-state index contributed by atoms with van der Waals surface area (Å²) in [7, 11) is 0. The van der Waals surface area contributed by atoms with E-state index in [4.69, 9.17) is 11.6 Å². The number of benzene rings is 1. The van der Waals surface area contributed by atoms with Gasteiger partial charge in [0, 0.05) is 18.0 Å². The third-order valence-electron chi connectivity index (χ3n) is 3.72. The van der Waals surface area contributed by atoms with E-state index in [9.17, 15) is 13.2 Å². The van der Waals surface area contributed by atoms with Crippen LogP contribution in [0.2, 0.25) is 5.02 Å². The Morgan fingerprint density at radius 2 is 1.88 bits per heavy atom. The van der Waals surface area contributed by atoms with Gasteiger partial charge in [-0.2, -0.15) is 18.2 Å². The summed E-state index contributed by atoms with van der Waals surface area (Å²) in [6, 6.07) is 5.18. The summed E-state index contributed by atoms with van der Waals surface area (Å²) in [5, 5.41) is 6.14. The van der Waals surface area contributed by atoms with Gasteiger partial charge in [-0.05, 0) is 44.9 Å². The van der Waals surface area contributed by atoms with Crippen molar-refractivity contribution in [2.24, 2.45) is 0 Å². The van der Waals surface area contributed by atoms with Crippen molar-refractivity contribution in [3.05, 3.63) is 40.5 Å². The molecule has 1 aliphatic rings. The molecule has 1 fully saturated rings. The molecule has 0 aliphatic heterocycles. The molecule has 25 heavy (non-hydrogen) atoms. The third-order valence-corrected chi connectivity index (χ3v) is 4.03. The first-order chi connectivity index (χ1) is 11.7. The molecule has 134 valence electrons. The Morgan fingerprint density at radius 3 is 2.44 bits per heavy atom. The summed E-state index contributed by atoms with van der Waals surface area (Å²) in [6.45, 7) is 3.96. The van der Waals surface area contributed by atoms with E-state index in [0.717, 1.165) is 30.7 Å². The molecular formula is C17H18ClF3N4. The lowest BCUT2D eigenvalue weighted by Crippen LogP contribution is -2.14. The summed E-state index contributed by atoms with van der Waals surface area (Å²) >= 11 is 6.00. The van der Waals surface area contributed by atoms with Crippen molar-refractivity contribution in [1.82, 2.24) is 9.97 Å². The van der Waals surface area contributed by atoms with Gasteiger partial charge in [-0.1, -0.05) is 11.6 Å². The van der Waals surface area contributed by atoms with Crippen LogP contribution >= 0.6 is 11.6 Å². The minimum Gasteiger partial charge on any atom is -0.352 e. The van der Waals surface area contributed by atoms with Crippen molar-refractivity contribution in [2.75, 3.05) is 10.6 Å². The average molecular weight is 371 g/mol. The molecule has 1 heterocycles. The molecule has 0 bridgehead atoms. The molecular weight excluding hydrogens is 353 g/mol. The number of nitrogens with zero attached hydrogens (tertiary/aromatic N) is 2. The van der Waals surface area contributed by atoms with Crippen LogP contribution in [0.1, 0.15) is 43.9 Å². The van der Waals surface area contributed by atoms with Crippen molar-refractivity contribution in [3.8, 4) is 0 Å². The number of anilines is 3. The third kappa shape index (κ3) is 4.54. The maximum absolute atomic E-state index is 12.7. The topological polar surface area (TPSA) is 49.8 Å². The standard InChI is InChI=1S/C17H18ClF3N4/c1-9(2)22-16-24-14(10-3-4-10)8-15(25-16)23-13-6-5-11(7-12(13)18)17(19,20)21/h5-10H,3-4H2,1-2H3,(H2,22,23,24,25). The Hall–Kier alpha value is -2.02. The molecule has 0 amide bonds. The van der Waals surface area contributed by atoms with Crippen molar-refractivity contribution in [1.29, 1.82) is 0 Å². The molecule has 0 unspecified atom stereocenters. The highest BCUT2D eigenvalue weighted by molar-refractivity contribution is 6.33. The van der Waals surface area contributed by atoms with E-state index in [1.54, 1.807) is 0 Å². The number of nitrogens with one attached hydrogen (secondary N) is 2. The molecule has 0 saturated heterocycles. The van der Waals surface area contributed by atoms with Crippen molar-refractivity contribution >= 4 is 29.1 Å². The van der Waals surface area contributed by atoms with Gasteiger partial charge in [0.15, 0.2) is 0 Å². The van der Waals surface area contributed by atoms with Gasteiger partial charge >= 0.3 is 6.18 Å². The van der Waals surface area contributed by atoms with Gasteiger partial charge in [-0.15, -0.1) is 0 Å².